The Balaban J connectivity index is 1.20. The largest absolute Gasteiger partial charge is 0.371 e. The molecule has 0 unspecified atom stereocenters. The Morgan fingerprint density at radius 1 is 0.478 bits per heavy atom. The first-order chi connectivity index (χ1) is 22.5. The molecule has 0 amide bonds. The first kappa shape index (κ1) is 35.1. The van der Waals surface area contributed by atoms with E-state index in [9.17, 15) is 0 Å². The molecule has 0 saturated carbocycles. The van der Waals surface area contributed by atoms with Crippen molar-refractivity contribution in [2.75, 3.05) is 69.2 Å². The van der Waals surface area contributed by atoms with Gasteiger partial charge in [-0.2, -0.15) is 0 Å². The third-order valence-corrected chi connectivity index (χ3v) is 10.0. The van der Waals surface area contributed by atoms with E-state index in [1.165, 1.54) is 37.1 Å². The maximum absolute atomic E-state index is 3.31. The van der Waals surface area contributed by atoms with Crippen molar-refractivity contribution in [2.45, 2.75) is 39.5 Å². The van der Waals surface area contributed by atoms with Gasteiger partial charge in [0.2, 0.25) is 0 Å². The van der Waals surface area contributed by atoms with Crippen LogP contribution in [0.1, 0.15) is 39.5 Å². The number of aryl methyl sites for hydroxylation is 2. The van der Waals surface area contributed by atoms with E-state index in [1.807, 2.05) is 93.9 Å². The third-order valence-electron chi connectivity index (χ3n) is 7.66. The summed E-state index contributed by atoms with van der Waals surface area (Å²) >= 11 is 0. The van der Waals surface area contributed by atoms with E-state index in [0.717, 1.165) is 60.4 Å². The predicted octanol–water partition coefficient (Wildman–Crippen LogP) is 7.51. The molecule has 10 heteroatoms. The molecule has 246 valence electrons. The van der Waals surface area contributed by atoms with Gasteiger partial charge in [-0.05, 0) is 61.4 Å². The summed E-state index contributed by atoms with van der Waals surface area (Å²) in [4.78, 5) is 5.06. The van der Waals surface area contributed by atoms with Crippen LogP contribution in [0.3, 0.4) is 0 Å². The van der Waals surface area contributed by atoms with Gasteiger partial charge >= 0.3 is 0 Å². The van der Waals surface area contributed by atoms with Crippen molar-refractivity contribution in [1.29, 1.82) is 0 Å². The van der Waals surface area contributed by atoms with E-state index < -0.39 is 0 Å². The molecule has 4 aromatic rings. The lowest BCUT2D eigenvalue weighted by Gasteiger charge is -2.26. The Bertz CT molecular complexity index is 1270. The van der Waals surface area contributed by atoms with Gasteiger partial charge in [-0.25, -0.2) is 9.13 Å². The highest BCUT2D eigenvalue weighted by atomic mass is 33.1. The number of aromatic nitrogens is 2. The fourth-order valence-corrected chi connectivity index (χ4v) is 6.80. The van der Waals surface area contributed by atoms with Crippen molar-refractivity contribution in [1.82, 2.24) is 0 Å². The van der Waals surface area contributed by atoms with Crippen molar-refractivity contribution in [2.24, 2.45) is 14.1 Å². The van der Waals surface area contributed by atoms with Crippen LogP contribution in [0, 0.1) is 0 Å². The topological polar surface area (TPSA) is 62.4 Å². The van der Waals surface area contributed by atoms with E-state index in [2.05, 4.69) is 93.9 Å². The van der Waals surface area contributed by atoms with Crippen LogP contribution in [0.5, 0.6) is 0 Å². The van der Waals surface area contributed by atoms with Gasteiger partial charge in [0.15, 0.2) is 24.8 Å². The molecule has 4 rings (SSSR count). The second-order valence-corrected chi connectivity index (χ2v) is 14.1. The molecule has 2 heterocycles. The van der Waals surface area contributed by atoms with Gasteiger partial charge in [-0.1, -0.05) is 48.3 Å². The molecule has 2 aromatic heterocycles. The summed E-state index contributed by atoms with van der Waals surface area (Å²) in [5, 5.41) is 0. The Hall–Kier alpha value is -3.76. The monoisotopic (exact) mass is 660 g/mol. The van der Waals surface area contributed by atoms with E-state index in [0.29, 0.717) is 0 Å². The van der Waals surface area contributed by atoms with Crippen LogP contribution in [-0.4, -0.2) is 37.7 Å². The Kier molecular flexibility index (Phi) is 15.0. The zero-order valence-electron chi connectivity index (χ0n) is 27.9. The number of hydrazine groups is 2. The van der Waals surface area contributed by atoms with E-state index in [4.69, 9.17) is 0 Å². The normalized spacial score (nSPS) is 10.8. The summed E-state index contributed by atoms with van der Waals surface area (Å²) in [6.45, 7) is 8.80. The van der Waals surface area contributed by atoms with Crippen LogP contribution in [0.2, 0.25) is 0 Å². The van der Waals surface area contributed by atoms with Crippen molar-refractivity contribution in [3.8, 4) is 0 Å². The Morgan fingerprint density at radius 3 is 1.13 bits per heavy atom. The maximum Gasteiger partial charge on any atom is 0.170 e. The lowest BCUT2D eigenvalue weighted by Crippen LogP contribution is -2.27. The predicted molar refractivity (Wildman–Crippen MR) is 202 cm³/mol. The third kappa shape index (κ3) is 12.2. The molecule has 0 aliphatic rings. The molecule has 0 fully saturated rings. The molecule has 4 N–H and O–H groups in total. The zero-order chi connectivity index (χ0) is 32.4. The highest BCUT2D eigenvalue weighted by Crippen LogP contribution is 2.26. The van der Waals surface area contributed by atoms with Gasteiger partial charge in [-0.15, -0.1) is 0 Å². The molecular weight excluding hydrogens is 609 g/mol. The van der Waals surface area contributed by atoms with Crippen LogP contribution >= 0.6 is 21.6 Å². The molecule has 2 aromatic carbocycles. The number of unbranched alkanes of at least 4 members (excludes halogenated alkanes) is 2. The molecule has 0 aliphatic carbocycles. The van der Waals surface area contributed by atoms with E-state index in [1.54, 1.807) is 0 Å². The van der Waals surface area contributed by atoms with Gasteiger partial charge in [-0.3, -0.25) is 0 Å². The van der Waals surface area contributed by atoms with Crippen LogP contribution in [-0.2, 0) is 14.1 Å². The first-order valence-corrected chi connectivity index (χ1v) is 18.9. The average molecular weight is 661 g/mol. The number of rotatable bonds is 21. The number of hydrogen-bond donors (Lipinski definition) is 4. The molecule has 46 heavy (non-hydrogen) atoms. The van der Waals surface area contributed by atoms with Crippen molar-refractivity contribution < 1.29 is 9.13 Å². The lowest BCUT2D eigenvalue weighted by molar-refractivity contribution is -0.671. The molecule has 0 bridgehead atoms. The molecule has 0 saturated heterocycles. The smallest absolute Gasteiger partial charge is 0.170 e. The summed E-state index contributed by atoms with van der Waals surface area (Å²) in [5.41, 5.74) is 19.9. The van der Waals surface area contributed by atoms with Crippen LogP contribution < -0.4 is 40.6 Å². The Morgan fingerprint density at radius 2 is 0.804 bits per heavy atom. The number of benzene rings is 2. The van der Waals surface area contributed by atoms with Gasteiger partial charge in [0.1, 0.15) is 14.1 Å². The SMILES string of the molecule is CCCCN(CCSSCCN(CCCC)c1ccc(NNc2cc[n+](C)cc2)cc1)c1ccc(NNc2cc[n+](C)cc2)cc1. The quantitative estimate of drug-likeness (QED) is 0.0317. The van der Waals surface area contributed by atoms with Gasteiger partial charge in [0.25, 0.3) is 0 Å². The maximum atomic E-state index is 3.31. The van der Waals surface area contributed by atoms with Crippen molar-refractivity contribution >= 4 is 55.7 Å². The lowest BCUT2D eigenvalue weighted by atomic mass is 10.2. The number of nitrogens with one attached hydrogen (secondary N) is 4. The highest BCUT2D eigenvalue weighted by molar-refractivity contribution is 8.76. The van der Waals surface area contributed by atoms with Gasteiger partial charge in [0, 0.05) is 73.3 Å². The molecule has 0 spiro atoms. The first-order valence-electron chi connectivity index (χ1n) is 16.4. The standard InChI is InChI=1S/C36H50N8S2/c1-5-7-21-43(35-13-9-31(10-14-35)37-39-33-17-23-41(3)24-18-33)27-29-45-46-30-28-44(22-8-6-2)36-15-11-32(12-16-36)38-40-34-19-25-42(4)26-20-34/h9-20,23-26,37-38H,5-8,21-22,27-30H2,1-4H3/p+2. The van der Waals surface area contributed by atoms with Crippen LogP contribution in [0.4, 0.5) is 34.1 Å². The minimum absolute atomic E-state index is 1.03. The summed E-state index contributed by atoms with van der Waals surface area (Å²) in [7, 11) is 8.02. The van der Waals surface area contributed by atoms with Crippen LogP contribution in [0.25, 0.3) is 0 Å². The number of pyridine rings is 2. The molecule has 0 radical (unpaired) electrons. The number of nitrogens with zero attached hydrogens (tertiary/aromatic N) is 4. The zero-order valence-corrected chi connectivity index (χ0v) is 29.5. The summed E-state index contributed by atoms with van der Waals surface area (Å²) < 4.78 is 4.04. The van der Waals surface area contributed by atoms with Crippen molar-refractivity contribution in [3.63, 3.8) is 0 Å². The second-order valence-electron chi connectivity index (χ2n) is 11.4. The van der Waals surface area contributed by atoms with Gasteiger partial charge in [0.05, 0.1) is 22.7 Å². The summed E-state index contributed by atoms with van der Waals surface area (Å²) in [5.74, 6) is 2.20. The average Bonchev–Trinajstić information content (AvgIpc) is 3.09. The highest BCUT2D eigenvalue weighted by Gasteiger charge is 2.09. The molecule has 0 aliphatic heterocycles. The Labute approximate surface area is 284 Å². The van der Waals surface area contributed by atoms with Gasteiger partial charge < -0.3 is 31.5 Å². The van der Waals surface area contributed by atoms with E-state index >= 15 is 0 Å². The van der Waals surface area contributed by atoms with E-state index in [-0.39, 0.29) is 0 Å². The molecular formula is C36H52N8S2+2. The van der Waals surface area contributed by atoms with Crippen LogP contribution in [0.15, 0.2) is 97.6 Å². The second kappa shape index (κ2) is 19.7. The molecule has 0 atom stereocenters. The fourth-order valence-electron chi connectivity index (χ4n) is 4.82. The fraction of sp³-hybridized carbons (Fsp3) is 0.389. The number of anilines is 6. The number of hydrogen-bond acceptors (Lipinski definition) is 8. The van der Waals surface area contributed by atoms with Crippen molar-refractivity contribution in [3.05, 3.63) is 97.6 Å². The minimum atomic E-state index is 1.03. The summed E-state index contributed by atoms with van der Waals surface area (Å²) in [6.07, 6.45) is 12.9. The molecule has 8 nitrogen and oxygen atoms in total. The summed E-state index contributed by atoms with van der Waals surface area (Å²) in [6, 6.07) is 25.7. The minimum Gasteiger partial charge on any atom is -0.371 e.